The van der Waals surface area contributed by atoms with Crippen molar-refractivity contribution in [3.63, 3.8) is 0 Å². The van der Waals surface area contributed by atoms with E-state index in [0.29, 0.717) is 93.7 Å². The maximum absolute atomic E-state index is 2.72. The normalized spacial score (nSPS) is 31.9. The van der Waals surface area contributed by atoms with Crippen molar-refractivity contribution in [3.8, 4) is 0 Å². The van der Waals surface area contributed by atoms with Crippen LogP contribution in [0.5, 0.6) is 0 Å². The number of fused-ring (bicyclic) bond motifs is 8. The summed E-state index contributed by atoms with van der Waals surface area (Å²) in [6.45, 7) is 57.1. The molecule has 8 aliphatic rings. The minimum Gasteiger partial charge on any atom is -0.0802 e. The Morgan fingerprint density at radius 2 is 0.689 bits per heavy atom. The summed E-state index contributed by atoms with van der Waals surface area (Å²) in [5.41, 5.74) is 10.7. The third-order valence-electron chi connectivity index (χ3n) is 23.8. The highest BCUT2D eigenvalue weighted by molar-refractivity contribution is 5.86. The largest absolute Gasteiger partial charge is 0.0802 e. The van der Waals surface area contributed by atoms with Gasteiger partial charge in [0, 0.05) is 0 Å². The third kappa shape index (κ3) is 14.6. The van der Waals surface area contributed by atoms with E-state index in [4.69, 9.17) is 0 Å². The smallest absolute Gasteiger partial charge is 0.00848 e. The van der Waals surface area contributed by atoms with E-state index in [9.17, 15) is 0 Å². The molecule has 4 saturated carbocycles. The van der Waals surface area contributed by atoms with Gasteiger partial charge in [0.25, 0.3) is 0 Å². The lowest BCUT2D eigenvalue weighted by Gasteiger charge is -2.40. The molecule has 0 bridgehead atoms. The fourth-order valence-electron chi connectivity index (χ4n) is 18.8. The zero-order valence-corrected chi connectivity index (χ0v) is 61.6. The van der Waals surface area contributed by atoms with Gasteiger partial charge in [-0.3, -0.25) is 0 Å². The van der Waals surface area contributed by atoms with E-state index in [2.05, 4.69) is 324 Å². The van der Waals surface area contributed by atoms with E-state index in [1.54, 1.807) is 11.1 Å². The molecule has 0 heteroatoms. The molecule has 0 heterocycles. The predicted octanol–water partition coefficient (Wildman–Crippen LogP) is 26.5. The zero-order valence-electron chi connectivity index (χ0n) is 61.6. The Labute approximate surface area is 553 Å². The Morgan fingerprint density at radius 3 is 1.06 bits per heavy atom. The summed E-state index contributed by atoms with van der Waals surface area (Å²) in [6, 6.07) is 32.9. The summed E-state index contributed by atoms with van der Waals surface area (Å²) in [7, 11) is 0. The van der Waals surface area contributed by atoms with Gasteiger partial charge in [-0.2, -0.15) is 0 Å². The minimum atomic E-state index is 0.172. The minimum absolute atomic E-state index is 0.172. The molecular weight excluding hydrogens is 1080 g/mol. The number of benzene rings is 4. The molecule has 90 heavy (non-hydrogen) atoms. The van der Waals surface area contributed by atoms with Crippen LogP contribution < -0.4 is 0 Å². The molecule has 0 aliphatic heterocycles. The van der Waals surface area contributed by atoms with Crippen LogP contribution in [-0.4, -0.2) is 0 Å². The number of hydrogen-bond acceptors (Lipinski definition) is 0. The number of rotatable bonds is 6. The third-order valence-corrected chi connectivity index (χ3v) is 23.8. The Bertz CT molecular complexity index is 3240. The first kappa shape index (κ1) is 69.7. The van der Waals surface area contributed by atoms with Crippen LogP contribution in [0.25, 0.3) is 21.5 Å². The van der Waals surface area contributed by atoms with Gasteiger partial charge in [-0.25, -0.2) is 0 Å². The molecule has 0 saturated heterocycles. The maximum Gasteiger partial charge on any atom is -0.00848 e. The molecule has 14 unspecified atom stereocenters. The summed E-state index contributed by atoms with van der Waals surface area (Å²) >= 11 is 0. The molecule has 16 atom stereocenters. The summed E-state index contributed by atoms with van der Waals surface area (Å²) in [5, 5.41) is 5.63. The highest BCUT2D eigenvalue weighted by Gasteiger charge is 2.57. The Kier molecular flexibility index (Phi) is 20.9. The Morgan fingerprint density at radius 1 is 0.356 bits per heavy atom. The van der Waals surface area contributed by atoms with E-state index in [1.165, 1.54) is 82.4 Å². The SMILES string of the molecule is CC1CC(C(C)(C)C)CC1[C@@H](c1ccc2ccccc2c1)C1C2C=CC(C(C)(C)C)=CC2C2C=C(C(C)(C)C)C=CC21.CC1CC(C(C)(C)C)CC1[C@@H](c1cccc2ccccc12)C1C2C=CC(C(C)(C)C)=CC2C2C=C(C(C)(C)C)C=CC21.CCC.CCC. The standard InChI is InChI=1S/2C42H56.2C3H8/c1-26-22-30(42(8,9)10)25-35(26)39(32-17-13-15-27-14-11-12-16-31(27)32)38-33-20-18-28(40(2,3)4)23-36(33)37-24-29(41(5,6)7)19-21-34(37)38;1-26-21-32(42(8,9)10)25-35(26)38(29-16-15-27-13-11-12-14-28(27)22-29)39-33-19-17-30(40(2,3)4)23-36(33)37-24-31(41(5,6)7)18-20-34(37)39;2*1-3-2/h11-21,23-24,26,30,33-39H,22,25H2,1-10H3;11-20,22-24,26,32-39H,21,25H2,1-10H3;2*3H2,1-2H3/t26?,30?,33?,34?,35?,36?,37?,38?,39-;26?,32?,33?,34?,35?,36?,37?,38-,39?;;/m11../s1. The first-order chi connectivity index (χ1) is 42.1. The highest BCUT2D eigenvalue weighted by atomic mass is 14.6. The van der Waals surface area contributed by atoms with Gasteiger partial charge in [0.1, 0.15) is 0 Å². The van der Waals surface area contributed by atoms with Crippen molar-refractivity contribution in [3.05, 3.63) is 191 Å². The molecule has 0 N–H and O–H groups in total. The molecule has 12 rings (SSSR count). The lowest BCUT2D eigenvalue weighted by Crippen LogP contribution is -2.31. The zero-order chi connectivity index (χ0) is 65.8. The van der Waals surface area contributed by atoms with Gasteiger partial charge in [0.2, 0.25) is 0 Å². The molecule has 0 radical (unpaired) electrons. The summed E-state index contributed by atoms with van der Waals surface area (Å²) in [5.74, 6) is 11.3. The maximum atomic E-state index is 2.72. The molecular formula is C90H128. The van der Waals surface area contributed by atoms with Gasteiger partial charge in [-0.1, -0.05) is 337 Å². The second-order valence-electron chi connectivity index (χ2n) is 36.7. The Hall–Kier alpha value is -4.68. The fraction of sp³-hybridized carbons (Fsp3) is 0.600. The lowest BCUT2D eigenvalue weighted by molar-refractivity contribution is 0.196. The quantitative estimate of drug-likeness (QED) is 0.181. The van der Waals surface area contributed by atoms with Gasteiger partial charge in [-0.15, -0.1) is 0 Å². The van der Waals surface area contributed by atoms with Crippen LogP contribution in [0.15, 0.2) is 180 Å². The van der Waals surface area contributed by atoms with Crippen molar-refractivity contribution in [2.24, 2.45) is 127 Å². The van der Waals surface area contributed by atoms with Crippen LogP contribution in [0.1, 0.15) is 228 Å². The van der Waals surface area contributed by atoms with Gasteiger partial charge in [0.15, 0.2) is 0 Å². The predicted molar refractivity (Wildman–Crippen MR) is 397 cm³/mol. The average Bonchev–Trinajstić information content (AvgIpc) is 1.58. The molecule has 0 amide bonds. The lowest BCUT2D eigenvalue weighted by atomic mass is 9.64. The molecule has 4 aromatic rings. The van der Waals surface area contributed by atoms with Crippen molar-refractivity contribution < 1.29 is 0 Å². The molecule has 4 fully saturated rings. The fourth-order valence-corrected chi connectivity index (χ4v) is 18.8. The van der Waals surface area contributed by atoms with E-state index >= 15 is 0 Å². The van der Waals surface area contributed by atoms with Crippen molar-refractivity contribution in [2.75, 3.05) is 0 Å². The van der Waals surface area contributed by atoms with Crippen molar-refractivity contribution in [2.45, 2.75) is 217 Å². The van der Waals surface area contributed by atoms with E-state index < -0.39 is 0 Å². The summed E-state index contributed by atoms with van der Waals surface area (Å²) in [6.07, 6.45) is 39.5. The molecule has 8 aliphatic carbocycles. The van der Waals surface area contributed by atoms with E-state index in [0.717, 1.165) is 23.7 Å². The van der Waals surface area contributed by atoms with Crippen molar-refractivity contribution >= 4 is 21.5 Å². The molecule has 0 aromatic heterocycles. The monoisotopic (exact) mass is 1210 g/mol. The van der Waals surface area contributed by atoms with Gasteiger partial charge in [0.05, 0.1) is 0 Å². The van der Waals surface area contributed by atoms with Crippen LogP contribution in [-0.2, 0) is 0 Å². The van der Waals surface area contributed by atoms with Crippen LogP contribution >= 0.6 is 0 Å². The van der Waals surface area contributed by atoms with Crippen LogP contribution in [0.2, 0.25) is 0 Å². The van der Waals surface area contributed by atoms with Crippen molar-refractivity contribution in [1.82, 2.24) is 0 Å². The van der Waals surface area contributed by atoms with Crippen LogP contribution in [0, 0.1) is 127 Å². The average molecular weight is 1210 g/mol. The van der Waals surface area contributed by atoms with Gasteiger partial charge >= 0.3 is 0 Å². The van der Waals surface area contributed by atoms with Gasteiger partial charge < -0.3 is 0 Å². The second-order valence-corrected chi connectivity index (χ2v) is 36.7. The van der Waals surface area contributed by atoms with E-state index in [1.807, 2.05) is 0 Å². The van der Waals surface area contributed by atoms with Crippen LogP contribution in [0.4, 0.5) is 0 Å². The molecule has 488 valence electrons. The topological polar surface area (TPSA) is 0 Å². The number of hydrogen-bond donors (Lipinski definition) is 0. The summed E-state index contributed by atoms with van der Waals surface area (Å²) in [4.78, 5) is 0. The molecule has 0 nitrogen and oxygen atoms in total. The Balaban J connectivity index is 0.000000196. The summed E-state index contributed by atoms with van der Waals surface area (Å²) < 4.78 is 0. The van der Waals surface area contributed by atoms with Gasteiger partial charge in [-0.05, 0) is 220 Å². The van der Waals surface area contributed by atoms with Crippen molar-refractivity contribution in [1.29, 1.82) is 0 Å². The highest BCUT2D eigenvalue weighted by Crippen LogP contribution is 2.65. The molecule has 4 aromatic carbocycles. The van der Waals surface area contributed by atoms with E-state index in [-0.39, 0.29) is 21.7 Å². The van der Waals surface area contributed by atoms with Crippen LogP contribution in [0.3, 0.4) is 0 Å². The first-order valence-electron chi connectivity index (χ1n) is 36.7. The number of allylic oxidation sites excluding steroid dienone is 16. The second kappa shape index (κ2) is 27.0. The first-order valence-corrected chi connectivity index (χ1v) is 36.7. The molecule has 0 spiro atoms.